The molecule has 0 spiro atoms. The van der Waals surface area contributed by atoms with Gasteiger partial charge in [0.2, 0.25) is 0 Å². The van der Waals surface area contributed by atoms with Crippen LogP contribution in [0.1, 0.15) is 5.56 Å². The SMILES string of the molecule is COc1ccc(CC(=O)O)cc1S(=O)(=O)Nc1ccccc1-n1cc(Br)cn1. The van der Waals surface area contributed by atoms with Crippen LogP contribution in [0.2, 0.25) is 0 Å². The van der Waals surface area contributed by atoms with E-state index in [0.29, 0.717) is 16.9 Å². The summed E-state index contributed by atoms with van der Waals surface area (Å²) in [6, 6.07) is 11.0. The molecule has 146 valence electrons. The maximum atomic E-state index is 13.0. The lowest BCUT2D eigenvalue weighted by Gasteiger charge is -2.15. The number of anilines is 1. The molecule has 0 unspecified atom stereocenters. The number of aliphatic carboxylic acids is 1. The molecule has 0 aliphatic carbocycles. The molecular formula is C18H16BrN3O5S. The molecule has 0 saturated carbocycles. The number of carboxylic acids is 1. The summed E-state index contributed by atoms with van der Waals surface area (Å²) in [5, 5.41) is 13.2. The fourth-order valence-corrected chi connectivity index (χ4v) is 4.19. The number of benzene rings is 2. The first kappa shape index (κ1) is 19.9. The Morgan fingerprint density at radius 3 is 2.68 bits per heavy atom. The highest BCUT2D eigenvalue weighted by atomic mass is 79.9. The Kier molecular flexibility index (Phi) is 5.71. The maximum Gasteiger partial charge on any atom is 0.307 e. The number of aromatic nitrogens is 2. The van der Waals surface area contributed by atoms with E-state index in [1.807, 2.05) is 0 Å². The molecule has 2 aromatic carbocycles. The van der Waals surface area contributed by atoms with Crippen molar-refractivity contribution in [2.24, 2.45) is 0 Å². The fourth-order valence-electron chi connectivity index (χ4n) is 2.61. The average Bonchev–Trinajstić information content (AvgIpc) is 3.07. The van der Waals surface area contributed by atoms with Crippen LogP contribution in [-0.4, -0.2) is 36.4 Å². The number of sulfonamides is 1. The first-order valence-electron chi connectivity index (χ1n) is 8.01. The summed E-state index contributed by atoms with van der Waals surface area (Å²) in [6.07, 6.45) is 2.98. The molecule has 3 aromatic rings. The van der Waals surface area contributed by atoms with Crippen LogP contribution in [0.15, 0.2) is 64.2 Å². The number of methoxy groups -OCH3 is 1. The average molecular weight is 466 g/mol. The minimum atomic E-state index is -4.06. The smallest absolute Gasteiger partial charge is 0.307 e. The molecule has 3 rings (SSSR count). The van der Waals surface area contributed by atoms with Crippen molar-refractivity contribution in [3.05, 3.63) is 64.9 Å². The van der Waals surface area contributed by atoms with Gasteiger partial charge in [-0.25, -0.2) is 13.1 Å². The minimum Gasteiger partial charge on any atom is -0.495 e. The van der Waals surface area contributed by atoms with Crippen molar-refractivity contribution in [1.29, 1.82) is 0 Å². The van der Waals surface area contributed by atoms with Gasteiger partial charge in [-0.3, -0.25) is 9.52 Å². The second-order valence-electron chi connectivity index (χ2n) is 5.78. The Morgan fingerprint density at radius 2 is 2.04 bits per heavy atom. The fraction of sp³-hybridized carbons (Fsp3) is 0.111. The second-order valence-corrected chi connectivity index (χ2v) is 8.35. The lowest BCUT2D eigenvalue weighted by Crippen LogP contribution is -2.16. The summed E-state index contributed by atoms with van der Waals surface area (Å²) in [6.45, 7) is 0. The Morgan fingerprint density at radius 1 is 1.29 bits per heavy atom. The van der Waals surface area contributed by atoms with Crippen molar-refractivity contribution in [2.45, 2.75) is 11.3 Å². The molecule has 0 radical (unpaired) electrons. The molecule has 10 heteroatoms. The van der Waals surface area contributed by atoms with E-state index in [-0.39, 0.29) is 17.1 Å². The number of ether oxygens (including phenoxy) is 1. The zero-order chi connectivity index (χ0) is 20.3. The molecule has 0 fully saturated rings. The van der Waals surface area contributed by atoms with E-state index in [1.54, 1.807) is 36.7 Å². The van der Waals surface area contributed by atoms with Gasteiger partial charge >= 0.3 is 5.97 Å². The number of nitrogens with one attached hydrogen (secondary N) is 1. The van der Waals surface area contributed by atoms with Gasteiger partial charge in [0.05, 0.1) is 35.6 Å². The highest BCUT2D eigenvalue weighted by molar-refractivity contribution is 9.10. The van der Waals surface area contributed by atoms with E-state index in [2.05, 4.69) is 25.8 Å². The zero-order valence-electron chi connectivity index (χ0n) is 14.7. The van der Waals surface area contributed by atoms with Gasteiger partial charge in [-0.05, 0) is 45.8 Å². The molecule has 1 heterocycles. The van der Waals surface area contributed by atoms with Crippen LogP contribution in [0, 0.1) is 0 Å². The predicted molar refractivity (Wildman–Crippen MR) is 106 cm³/mol. The number of para-hydroxylation sites is 2. The van der Waals surface area contributed by atoms with Gasteiger partial charge in [0.15, 0.2) is 0 Å². The third-order valence-electron chi connectivity index (χ3n) is 3.82. The van der Waals surface area contributed by atoms with Crippen molar-refractivity contribution in [3.8, 4) is 11.4 Å². The van der Waals surface area contributed by atoms with Crippen molar-refractivity contribution in [3.63, 3.8) is 0 Å². The number of hydrogen-bond donors (Lipinski definition) is 2. The van der Waals surface area contributed by atoms with Gasteiger partial charge in [0, 0.05) is 6.20 Å². The van der Waals surface area contributed by atoms with Crippen molar-refractivity contribution < 1.29 is 23.1 Å². The highest BCUT2D eigenvalue weighted by Crippen LogP contribution is 2.29. The Balaban J connectivity index is 2.03. The minimum absolute atomic E-state index is 0.112. The lowest BCUT2D eigenvalue weighted by atomic mass is 10.1. The van der Waals surface area contributed by atoms with Crippen molar-refractivity contribution in [2.75, 3.05) is 11.8 Å². The topological polar surface area (TPSA) is 111 Å². The largest absolute Gasteiger partial charge is 0.495 e. The first-order chi connectivity index (χ1) is 13.3. The van der Waals surface area contributed by atoms with Crippen LogP contribution in [0.25, 0.3) is 5.69 Å². The zero-order valence-corrected chi connectivity index (χ0v) is 17.1. The van der Waals surface area contributed by atoms with E-state index in [1.165, 1.54) is 30.0 Å². The van der Waals surface area contributed by atoms with Crippen LogP contribution in [0.5, 0.6) is 5.75 Å². The van der Waals surface area contributed by atoms with Crippen LogP contribution in [0.3, 0.4) is 0 Å². The predicted octanol–water partition coefficient (Wildman–Crippen LogP) is 3.07. The summed E-state index contributed by atoms with van der Waals surface area (Å²) in [4.78, 5) is 10.8. The Hall–Kier alpha value is -2.85. The van der Waals surface area contributed by atoms with Crippen LogP contribution in [-0.2, 0) is 21.2 Å². The molecule has 1 aromatic heterocycles. The Labute approximate surface area is 169 Å². The molecule has 0 saturated heterocycles. The van der Waals surface area contributed by atoms with Gasteiger partial charge in [-0.1, -0.05) is 18.2 Å². The molecule has 2 N–H and O–H groups in total. The molecule has 28 heavy (non-hydrogen) atoms. The molecule has 8 nitrogen and oxygen atoms in total. The third kappa shape index (κ3) is 4.34. The van der Waals surface area contributed by atoms with Gasteiger partial charge in [-0.15, -0.1) is 0 Å². The summed E-state index contributed by atoms with van der Waals surface area (Å²) in [7, 11) is -2.71. The van der Waals surface area contributed by atoms with Crippen molar-refractivity contribution >= 4 is 37.6 Å². The summed E-state index contributed by atoms with van der Waals surface area (Å²) in [5.74, 6) is -0.947. The maximum absolute atomic E-state index is 13.0. The molecule has 0 aliphatic heterocycles. The number of rotatable bonds is 7. The van der Waals surface area contributed by atoms with Crippen LogP contribution < -0.4 is 9.46 Å². The first-order valence-corrected chi connectivity index (χ1v) is 10.3. The van der Waals surface area contributed by atoms with E-state index >= 15 is 0 Å². The van der Waals surface area contributed by atoms with Crippen molar-refractivity contribution in [1.82, 2.24) is 9.78 Å². The Bertz CT molecular complexity index is 1130. The molecule has 0 bridgehead atoms. The molecule has 0 atom stereocenters. The van der Waals surface area contributed by atoms with Gasteiger partial charge in [-0.2, -0.15) is 5.10 Å². The molecule has 0 amide bonds. The standard InChI is InChI=1S/C18H16BrN3O5S/c1-27-16-7-6-12(9-18(23)24)8-17(16)28(25,26)21-14-4-2-3-5-15(14)22-11-13(19)10-20-22/h2-8,10-11,21H,9H2,1H3,(H,23,24). The number of nitrogens with zero attached hydrogens (tertiary/aromatic N) is 2. The van der Waals surface area contributed by atoms with E-state index in [9.17, 15) is 13.2 Å². The number of hydrogen-bond acceptors (Lipinski definition) is 5. The third-order valence-corrected chi connectivity index (χ3v) is 5.62. The van der Waals surface area contributed by atoms with E-state index in [4.69, 9.17) is 9.84 Å². The second kappa shape index (κ2) is 8.03. The molecular weight excluding hydrogens is 450 g/mol. The normalized spacial score (nSPS) is 11.2. The number of halogens is 1. The van der Waals surface area contributed by atoms with Gasteiger partial charge < -0.3 is 9.84 Å². The number of carbonyl (C=O) groups is 1. The summed E-state index contributed by atoms with van der Waals surface area (Å²) >= 11 is 3.31. The number of carboxylic acid groups (broad SMARTS) is 1. The quantitative estimate of drug-likeness (QED) is 0.554. The van der Waals surface area contributed by atoms with E-state index < -0.39 is 16.0 Å². The van der Waals surface area contributed by atoms with Gasteiger partial charge in [0.25, 0.3) is 10.0 Å². The van der Waals surface area contributed by atoms with Crippen LogP contribution >= 0.6 is 15.9 Å². The molecule has 0 aliphatic rings. The van der Waals surface area contributed by atoms with Crippen LogP contribution in [0.4, 0.5) is 5.69 Å². The summed E-state index contributed by atoms with van der Waals surface area (Å²) < 4.78 is 36.0. The summed E-state index contributed by atoms with van der Waals surface area (Å²) in [5.41, 5.74) is 1.18. The van der Waals surface area contributed by atoms with Gasteiger partial charge in [0.1, 0.15) is 10.6 Å². The monoisotopic (exact) mass is 465 g/mol. The highest BCUT2D eigenvalue weighted by Gasteiger charge is 2.22. The lowest BCUT2D eigenvalue weighted by molar-refractivity contribution is -0.136. The van der Waals surface area contributed by atoms with E-state index in [0.717, 1.165) is 4.47 Å².